The van der Waals surface area contributed by atoms with Gasteiger partial charge in [0.2, 0.25) is 0 Å². The number of hydrogen-bond acceptors (Lipinski definition) is 3. The highest BCUT2D eigenvalue weighted by atomic mass is 16.4. The van der Waals surface area contributed by atoms with E-state index in [1.807, 2.05) is 7.05 Å². The number of carbonyl (C=O) groups excluding carboxylic acids is 1. The lowest BCUT2D eigenvalue weighted by molar-refractivity contribution is -0.142. The number of nitrogens with zero attached hydrogens (tertiary/aromatic N) is 1. The van der Waals surface area contributed by atoms with Crippen LogP contribution in [0.2, 0.25) is 0 Å². The second kappa shape index (κ2) is 7.33. The predicted molar refractivity (Wildman–Crippen MR) is 73.1 cm³/mol. The first-order chi connectivity index (χ1) is 8.91. The summed E-state index contributed by atoms with van der Waals surface area (Å²) in [5.74, 6) is -1.26. The fraction of sp³-hybridized carbons (Fsp3) is 0.846. The highest BCUT2D eigenvalue weighted by Crippen LogP contribution is 2.25. The van der Waals surface area contributed by atoms with Crippen LogP contribution in [0.25, 0.3) is 0 Å². The number of amides is 2. The Morgan fingerprint density at radius 1 is 1.37 bits per heavy atom. The van der Waals surface area contributed by atoms with Gasteiger partial charge in [0, 0.05) is 25.2 Å². The third-order valence-electron chi connectivity index (χ3n) is 3.78. The Bertz CT molecular complexity index is 320. The van der Waals surface area contributed by atoms with E-state index in [1.54, 1.807) is 0 Å². The van der Waals surface area contributed by atoms with Crippen LogP contribution in [0.15, 0.2) is 0 Å². The van der Waals surface area contributed by atoms with Crippen molar-refractivity contribution >= 4 is 12.0 Å². The first-order valence-corrected chi connectivity index (χ1v) is 6.89. The Labute approximate surface area is 114 Å². The molecule has 0 aromatic heterocycles. The maximum atomic E-state index is 11.7. The maximum Gasteiger partial charge on any atom is 0.315 e. The molecule has 0 heterocycles. The Hall–Kier alpha value is -1.30. The van der Waals surface area contributed by atoms with Crippen molar-refractivity contribution in [2.24, 2.45) is 5.92 Å². The number of rotatable bonds is 6. The van der Waals surface area contributed by atoms with E-state index in [4.69, 9.17) is 5.11 Å². The van der Waals surface area contributed by atoms with Gasteiger partial charge in [-0.2, -0.15) is 0 Å². The van der Waals surface area contributed by atoms with Crippen molar-refractivity contribution in [1.29, 1.82) is 0 Å². The van der Waals surface area contributed by atoms with Gasteiger partial charge in [0.15, 0.2) is 0 Å². The first kappa shape index (κ1) is 15.8. The minimum absolute atomic E-state index is 0.236. The molecular formula is C13H25N3O3. The molecule has 19 heavy (non-hydrogen) atoms. The fourth-order valence-corrected chi connectivity index (χ4v) is 2.25. The molecule has 2 atom stereocenters. The lowest BCUT2D eigenvalue weighted by atomic mass is 10.0. The zero-order valence-corrected chi connectivity index (χ0v) is 12.0. The zero-order chi connectivity index (χ0) is 14.4. The Morgan fingerprint density at radius 2 is 2.05 bits per heavy atom. The van der Waals surface area contributed by atoms with Crippen LogP contribution in [-0.2, 0) is 4.79 Å². The average molecular weight is 271 g/mol. The maximum absolute atomic E-state index is 11.7. The third kappa shape index (κ3) is 5.06. The van der Waals surface area contributed by atoms with Crippen molar-refractivity contribution in [1.82, 2.24) is 15.5 Å². The van der Waals surface area contributed by atoms with Gasteiger partial charge in [0.05, 0.1) is 5.92 Å². The van der Waals surface area contributed by atoms with E-state index in [0.29, 0.717) is 19.0 Å². The summed E-state index contributed by atoms with van der Waals surface area (Å²) < 4.78 is 0. The molecule has 0 aromatic carbocycles. The van der Waals surface area contributed by atoms with E-state index >= 15 is 0 Å². The van der Waals surface area contributed by atoms with Gasteiger partial charge in [-0.05, 0) is 33.7 Å². The van der Waals surface area contributed by atoms with Crippen LogP contribution in [0.5, 0.6) is 0 Å². The van der Waals surface area contributed by atoms with E-state index in [2.05, 4.69) is 29.4 Å². The van der Waals surface area contributed by atoms with Crippen molar-refractivity contribution in [3.8, 4) is 0 Å². The topological polar surface area (TPSA) is 81.7 Å². The Kier molecular flexibility index (Phi) is 6.08. The van der Waals surface area contributed by atoms with Crippen molar-refractivity contribution < 1.29 is 14.7 Å². The molecular weight excluding hydrogens is 246 g/mol. The lowest BCUT2D eigenvalue weighted by Gasteiger charge is -2.22. The van der Waals surface area contributed by atoms with Gasteiger partial charge >= 0.3 is 12.0 Å². The number of urea groups is 1. The van der Waals surface area contributed by atoms with E-state index in [0.717, 1.165) is 19.4 Å². The Balaban J connectivity index is 2.26. The van der Waals surface area contributed by atoms with Gasteiger partial charge in [0.25, 0.3) is 0 Å². The molecule has 6 nitrogen and oxygen atoms in total. The highest BCUT2D eigenvalue weighted by Gasteiger charge is 2.33. The number of hydrogen-bond donors (Lipinski definition) is 3. The largest absolute Gasteiger partial charge is 0.481 e. The molecule has 6 heteroatoms. The number of carboxylic acids is 1. The van der Waals surface area contributed by atoms with Gasteiger partial charge < -0.3 is 20.6 Å². The van der Waals surface area contributed by atoms with E-state index < -0.39 is 11.9 Å². The van der Waals surface area contributed by atoms with Gasteiger partial charge in [-0.3, -0.25) is 4.79 Å². The number of nitrogens with one attached hydrogen (secondary N) is 2. The average Bonchev–Trinajstić information content (AvgIpc) is 2.76. The number of carboxylic acid groups (broad SMARTS) is 1. The van der Waals surface area contributed by atoms with E-state index in [1.165, 1.54) is 0 Å². The van der Waals surface area contributed by atoms with Crippen molar-refractivity contribution in [3.05, 3.63) is 0 Å². The number of carbonyl (C=O) groups is 2. The lowest BCUT2D eigenvalue weighted by Crippen LogP contribution is -2.47. The molecule has 1 aliphatic rings. The van der Waals surface area contributed by atoms with Crippen molar-refractivity contribution in [3.63, 3.8) is 0 Å². The SMILES string of the molecule is CC(C)N(C)CCNC(=O)NC1CCCC1C(=O)O. The van der Waals surface area contributed by atoms with Gasteiger partial charge in [-0.15, -0.1) is 0 Å². The monoisotopic (exact) mass is 271 g/mol. The molecule has 110 valence electrons. The second-order valence-electron chi connectivity index (χ2n) is 5.46. The van der Waals surface area contributed by atoms with Crippen LogP contribution < -0.4 is 10.6 Å². The molecule has 0 aromatic rings. The molecule has 2 amide bonds. The fourth-order valence-electron chi connectivity index (χ4n) is 2.25. The number of aliphatic carboxylic acids is 1. The summed E-state index contributed by atoms with van der Waals surface area (Å²) in [5.41, 5.74) is 0. The zero-order valence-electron chi connectivity index (χ0n) is 12.0. The summed E-state index contributed by atoms with van der Waals surface area (Å²) in [4.78, 5) is 24.8. The van der Waals surface area contributed by atoms with Crippen LogP contribution in [0.3, 0.4) is 0 Å². The van der Waals surface area contributed by atoms with E-state index in [-0.39, 0.29) is 12.1 Å². The summed E-state index contributed by atoms with van der Waals surface area (Å²) in [6, 6.07) is -0.0632. The van der Waals surface area contributed by atoms with Crippen LogP contribution in [-0.4, -0.2) is 54.2 Å². The second-order valence-corrected chi connectivity index (χ2v) is 5.46. The molecule has 0 radical (unpaired) electrons. The molecule has 2 unspecified atom stereocenters. The van der Waals surface area contributed by atoms with Crippen LogP contribution in [0.1, 0.15) is 33.1 Å². The van der Waals surface area contributed by atoms with Gasteiger partial charge in [-0.1, -0.05) is 6.42 Å². The smallest absolute Gasteiger partial charge is 0.315 e. The molecule has 3 N–H and O–H groups in total. The predicted octanol–water partition coefficient (Wildman–Crippen LogP) is 0.879. The molecule has 0 aliphatic heterocycles. The standard InChI is InChI=1S/C13H25N3O3/c1-9(2)16(3)8-7-14-13(19)15-11-6-4-5-10(11)12(17)18/h9-11H,4-8H2,1-3H3,(H,17,18)(H2,14,15,19). The summed E-state index contributed by atoms with van der Waals surface area (Å²) in [6.07, 6.45) is 2.25. The first-order valence-electron chi connectivity index (χ1n) is 6.89. The quantitative estimate of drug-likeness (QED) is 0.670. The Morgan fingerprint density at radius 3 is 2.63 bits per heavy atom. The number of likely N-dealkylation sites (N-methyl/N-ethyl adjacent to an activating group) is 1. The molecule has 0 bridgehead atoms. The summed E-state index contributed by atoms with van der Waals surface area (Å²) in [5, 5.41) is 14.6. The van der Waals surface area contributed by atoms with Crippen LogP contribution >= 0.6 is 0 Å². The molecule has 1 rings (SSSR count). The normalized spacial score (nSPS) is 22.8. The van der Waals surface area contributed by atoms with Crippen molar-refractivity contribution in [2.45, 2.75) is 45.2 Å². The molecule has 1 aliphatic carbocycles. The summed E-state index contributed by atoms with van der Waals surface area (Å²) in [6.45, 7) is 5.52. The van der Waals surface area contributed by atoms with Crippen molar-refractivity contribution in [2.75, 3.05) is 20.1 Å². The van der Waals surface area contributed by atoms with Gasteiger partial charge in [-0.25, -0.2) is 4.79 Å². The highest BCUT2D eigenvalue weighted by molar-refractivity contribution is 5.77. The van der Waals surface area contributed by atoms with Gasteiger partial charge in [0.1, 0.15) is 0 Å². The summed E-state index contributed by atoms with van der Waals surface area (Å²) >= 11 is 0. The molecule has 1 fully saturated rings. The van der Waals surface area contributed by atoms with E-state index in [9.17, 15) is 9.59 Å². The molecule has 1 saturated carbocycles. The molecule has 0 spiro atoms. The van der Waals surface area contributed by atoms with Crippen LogP contribution in [0.4, 0.5) is 4.79 Å². The third-order valence-corrected chi connectivity index (χ3v) is 3.78. The van der Waals surface area contributed by atoms with Crippen LogP contribution in [0, 0.1) is 5.92 Å². The summed E-state index contributed by atoms with van der Waals surface area (Å²) in [7, 11) is 2.00. The minimum atomic E-state index is -0.817. The minimum Gasteiger partial charge on any atom is -0.481 e. The molecule has 0 saturated heterocycles.